The predicted molar refractivity (Wildman–Crippen MR) is 69.6 cm³/mol. The molecule has 5 nitrogen and oxygen atoms in total. The van der Waals surface area contributed by atoms with Gasteiger partial charge in [0.05, 0.1) is 11.8 Å². The van der Waals surface area contributed by atoms with E-state index >= 15 is 0 Å². The molecule has 1 aromatic heterocycles. The van der Waals surface area contributed by atoms with E-state index in [2.05, 4.69) is 10.3 Å². The van der Waals surface area contributed by atoms with Crippen molar-refractivity contribution in [1.82, 2.24) is 4.98 Å². The van der Waals surface area contributed by atoms with Crippen LogP contribution in [0, 0.1) is 11.8 Å². The molecule has 1 aliphatic rings. The molecule has 0 spiro atoms. The Morgan fingerprint density at radius 2 is 2.11 bits per heavy atom. The van der Waals surface area contributed by atoms with Gasteiger partial charge in [0.1, 0.15) is 0 Å². The predicted octanol–water partition coefficient (Wildman–Crippen LogP) is 1.89. The standard InChI is InChI=1S/C14H12N2O3/c17-13(10-6-11(10)14(18)19)16-12-3-1-2-8-7-15-5-4-9(8)12/h1-5,7,10-11H,6H2,(H,16,17)(H,18,19). The molecule has 3 rings (SSSR count). The number of amides is 1. The fraction of sp³-hybridized carbons (Fsp3) is 0.214. The molecular weight excluding hydrogens is 244 g/mol. The fourth-order valence-corrected chi connectivity index (χ4v) is 2.21. The monoisotopic (exact) mass is 256 g/mol. The molecule has 1 amide bonds. The zero-order chi connectivity index (χ0) is 13.4. The molecule has 5 heteroatoms. The third-order valence-electron chi connectivity index (χ3n) is 3.38. The average molecular weight is 256 g/mol. The van der Waals surface area contributed by atoms with Crippen molar-refractivity contribution >= 4 is 28.3 Å². The third kappa shape index (κ3) is 2.14. The van der Waals surface area contributed by atoms with Crippen LogP contribution >= 0.6 is 0 Å². The van der Waals surface area contributed by atoms with Crippen LogP contribution in [0.3, 0.4) is 0 Å². The molecule has 1 saturated carbocycles. The number of hydrogen-bond donors (Lipinski definition) is 2. The van der Waals surface area contributed by atoms with Crippen molar-refractivity contribution in [3.05, 3.63) is 36.7 Å². The van der Waals surface area contributed by atoms with E-state index in [9.17, 15) is 9.59 Å². The fourth-order valence-electron chi connectivity index (χ4n) is 2.21. The highest BCUT2D eigenvalue weighted by Gasteiger charge is 2.48. The van der Waals surface area contributed by atoms with Crippen LogP contribution in [0.15, 0.2) is 36.7 Å². The topological polar surface area (TPSA) is 79.3 Å². The maximum Gasteiger partial charge on any atom is 0.307 e. The van der Waals surface area contributed by atoms with E-state index in [0.717, 1.165) is 10.8 Å². The van der Waals surface area contributed by atoms with Gasteiger partial charge < -0.3 is 10.4 Å². The third-order valence-corrected chi connectivity index (χ3v) is 3.38. The van der Waals surface area contributed by atoms with Crippen molar-refractivity contribution in [3.8, 4) is 0 Å². The Bertz CT molecular complexity index is 663. The van der Waals surface area contributed by atoms with E-state index in [4.69, 9.17) is 5.11 Å². The first-order valence-corrected chi connectivity index (χ1v) is 6.03. The second kappa shape index (κ2) is 4.35. The van der Waals surface area contributed by atoms with E-state index in [1.807, 2.05) is 18.2 Å². The van der Waals surface area contributed by atoms with Gasteiger partial charge in [-0.2, -0.15) is 0 Å². The van der Waals surface area contributed by atoms with E-state index in [1.165, 1.54) is 0 Å². The normalized spacial score (nSPS) is 21.1. The Morgan fingerprint density at radius 3 is 2.84 bits per heavy atom. The van der Waals surface area contributed by atoms with Gasteiger partial charge in [-0.25, -0.2) is 0 Å². The molecule has 0 radical (unpaired) electrons. The number of fused-ring (bicyclic) bond motifs is 1. The van der Waals surface area contributed by atoms with Crippen LogP contribution in [-0.4, -0.2) is 22.0 Å². The first-order valence-electron chi connectivity index (χ1n) is 6.03. The molecule has 0 bridgehead atoms. The average Bonchev–Trinajstić information content (AvgIpc) is 3.19. The molecule has 96 valence electrons. The van der Waals surface area contributed by atoms with Crippen molar-refractivity contribution in [3.63, 3.8) is 0 Å². The number of carboxylic acid groups (broad SMARTS) is 1. The Labute approximate surface area is 109 Å². The highest BCUT2D eigenvalue weighted by molar-refractivity contribution is 6.04. The number of pyridine rings is 1. The summed E-state index contributed by atoms with van der Waals surface area (Å²) in [6.07, 6.45) is 3.81. The van der Waals surface area contributed by atoms with E-state index in [1.54, 1.807) is 18.5 Å². The summed E-state index contributed by atoms with van der Waals surface area (Å²) in [4.78, 5) is 26.7. The van der Waals surface area contributed by atoms with Gasteiger partial charge in [-0.1, -0.05) is 12.1 Å². The molecule has 2 aromatic rings. The smallest absolute Gasteiger partial charge is 0.307 e. The van der Waals surface area contributed by atoms with Crippen molar-refractivity contribution in [1.29, 1.82) is 0 Å². The van der Waals surface area contributed by atoms with Crippen LogP contribution in [0.4, 0.5) is 5.69 Å². The van der Waals surface area contributed by atoms with Gasteiger partial charge in [0.2, 0.25) is 5.91 Å². The lowest BCUT2D eigenvalue weighted by molar-refractivity contribution is -0.139. The van der Waals surface area contributed by atoms with Crippen molar-refractivity contribution in [2.45, 2.75) is 6.42 Å². The summed E-state index contributed by atoms with van der Waals surface area (Å²) >= 11 is 0. The van der Waals surface area contributed by atoms with Gasteiger partial charge in [-0.05, 0) is 18.6 Å². The summed E-state index contributed by atoms with van der Waals surface area (Å²) in [7, 11) is 0. The quantitative estimate of drug-likeness (QED) is 0.879. The van der Waals surface area contributed by atoms with E-state index in [0.29, 0.717) is 12.1 Å². The Hall–Kier alpha value is -2.43. The Kier molecular flexibility index (Phi) is 2.67. The summed E-state index contributed by atoms with van der Waals surface area (Å²) < 4.78 is 0. The van der Waals surface area contributed by atoms with E-state index in [-0.39, 0.29) is 5.91 Å². The summed E-state index contributed by atoms with van der Waals surface area (Å²) in [5, 5.41) is 13.5. The number of rotatable bonds is 3. The number of hydrogen-bond acceptors (Lipinski definition) is 3. The summed E-state index contributed by atoms with van der Waals surface area (Å²) in [5.74, 6) is -2.06. The highest BCUT2D eigenvalue weighted by Crippen LogP contribution is 2.39. The summed E-state index contributed by atoms with van der Waals surface area (Å²) in [6, 6.07) is 7.38. The first-order chi connectivity index (χ1) is 9.16. The van der Waals surface area contributed by atoms with Gasteiger partial charge in [0.15, 0.2) is 0 Å². The number of benzene rings is 1. The number of aromatic nitrogens is 1. The molecule has 2 unspecified atom stereocenters. The second-order valence-electron chi connectivity index (χ2n) is 4.68. The van der Waals surface area contributed by atoms with E-state index < -0.39 is 17.8 Å². The SMILES string of the molecule is O=C(O)C1CC1C(=O)Nc1cccc2cnccc12. The maximum atomic E-state index is 11.9. The number of carbonyl (C=O) groups excluding carboxylic acids is 1. The van der Waals surface area contributed by atoms with Gasteiger partial charge in [0.25, 0.3) is 0 Å². The van der Waals surface area contributed by atoms with Crippen molar-refractivity contribution in [2.75, 3.05) is 5.32 Å². The lowest BCUT2D eigenvalue weighted by Crippen LogP contribution is -2.16. The number of aliphatic carboxylic acids is 1. The molecule has 0 aliphatic heterocycles. The van der Waals surface area contributed by atoms with Crippen molar-refractivity contribution < 1.29 is 14.7 Å². The molecule has 2 N–H and O–H groups in total. The lowest BCUT2D eigenvalue weighted by atomic mass is 10.1. The summed E-state index contributed by atoms with van der Waals surface area (Å²) in [5.41, 5.74) is 0.695. The second-order valence-corrected chi connectivity index (χ2v) is 4.68. The van der Waals surface area contributed by atoms with Gasteiger partial charge in [-0.3, -0.25) is 14.6 Å². The minimum Gasteiger partial charge on any atom is -0.481 e. The molecule has 1 heterocycles. The first kappa shape index (κ1) is 11.6. The van der Waals surface area contributed by atoms with Crippen molar-refractivity contribution in [2.24, 2.45) is 11.8 Å². The van der Waals surface area contributed by atoms with Crippen LogP contribution in [0.1, 0.15) is 6.42 Å². The van der Waals surface area contributed by atoms with Crippen LogP contribution in [0.2, 0.25) is 0 Å². The molecule has 19 heavy (non-hydrogen) atoms. The zero-order valence-corrected chi connectivity index (χ0v) is 10.0. The number of carbonyl (C=O) groups is 2. The van der Waals surface area contributed by atoms with Crippen LogP contribution in [0.25, 0.3) is 10.8 Å². The van der Waals surface area contributed by atoms with Gasteiger partial charge in [0, 0.05) is 28.9 Å². The van der Waals surface area contributed by atoms with Gasteiger partial charge in [-0.15, -0.1) is 0 Å². The number of nitrogens with one attached hydrogen (secondary N) is 1. The molecular formula is C14H12N2O3. The highest BCUT2D eigenvalue weighted by atomic mass is 16.4. The molecule has 0 saturated heterocycles. The Morgan fingerprint density at radius 1 is 1.26 bits per heavy atom. The largest absolute Gasteiger partial charge is 0.481 e. The molecule has 2 atom stereocenters. The van der Waals surface area contributed by atoms with Crippen LogP contribution in [0.5, 0.6) is 0 Å². The zero-order valence-electron chi connectivity index (χ0n) is 10.0. The molecule has 1 fully saturated rings. The minimum atomic E-state index is -0.901. The number of carboxylic acids is 1. The van der Waals surface area contributed by atoms with Crippen LogP contribution < -0.4 is 5.32 Å². The van der Waals surface area contributed by atoms with Gasteiger partial charge >= 0.3 is 5.97 Å². The molecule has 1 aromatic carbocycles. The molecule has 1 aliphatic carbocycles. The lowest BCUT2D eigenvalue weighted by Gasteiger charge is -2.07. The maximum absolute atomic E-state index is 11.9. The number of nitrogens with zero attached hydrogens (tertiary/aromatic N) is 1. The minimum absolute atomic E-state index is 0.225. The summed E-state index contributed by atoms with van der Waals surface area (Å²) in [6.45, 7) is 0. The number of anilines is 1. The van der Waals surface area contributed by atoms with Crippen LogP contribution in [-0.2, 0) is 9.59 Å². The Balaban J connectivity index is 1.83.